The molecule has 140 valence electrons. The van der Waals surface area contributed by atoms with Crippen molar-refractivity contribution in [1.29, 1.82) is 0 Å². The van der Waals surface area contributed by atoms with Gasteiger partial charge in [0.1, 0.15) is 11.5 Å². The van der Waals surface area contributed by atoms with E-state index < -0.39 is 0 Å². The first-order chi connectivity index (χ1) is 13.5. The molecule has 0 saturated carbocycles. The summed E-state index contributed by atoms with van der Waals surface area (Å²) in [7, 11) is 0. The lowest BCUT2D eigenvalue weighted by Gasteiger charge is -2.11. The van der Waals surface area contributed by atoms with Gasteiger partial charge in [0.2, 0.25) is 5.88 Å². The van der Waals surface area contributed by atoms with E-state index in [1.807, 2.05) is 24.3 Å². The number of ether oxygens (including phenoxy) is 2. The quantitative estimate of drug-likeness (QED) is 0.317. The van der Waals surface area contributed by atoms with Gasteiger partial charge >= 0.3 is 6.01 Å². The summed E-state index contributed by atoms with van der Waals surface area (Å²) in [4.78, 5) is 8.80. The van der Waals surface area contributed by atoms with Crippen LogP contribution in [0.25, 0.3) is 10.9 Å². The molecule has 0 atom stereocenters. The highest BCUT2D eigenvalue weighted by molar-refractivity contribution is 6.35. The van der Waals surface area contributed by atoms with Crippen molar-refractivity contribution in [2.75, 3.05) is 0 Å². The Morgan fingerprint density at radius 2 is 1.14 bits per heavy atom. The Morgan fingerprint density at radius 3 is 1.75 bits per heavy atom. The van der Waals surface area contributed by atoms with Crippen LogP contribution < -0.4 is 9.47 Å². The monoisotopic (exact) mass is 450 g/mol. The Hall–Kier alpha value is -2.24. The Labute approximate surface area is 180 Å². The summed E-state index contributed by atoms with van der Waals surface area (Å²) in [6, 6.07) is 17.2. The van der Waals surface area contributed by atoms with Crippen molar-refractivity contribution in [1.82, 2.24) is 9.97 Å². The van der Waals surface area contributed by atoms with Gasteiger partial charge in [-0.15, -0.1) is 0 Å². The molecule has 4 aromatic rings. The Bertz CT molecular complexity index is 1140. The molecule has 28 heavy (non-hydrogen) atoms. The van der Waals surface area contributed by atoms with E-state index in [1.54, 1.807) is 36.4 Å². The highest BCUT2D eigenvalue weighted by Gasteiger charge is 2.13. The van der Waals surface area contributed by atoms with Gasteiger partial charge in [-0.1, -0.05) is 58.5 Å². The number of rotatable bonds is 4. The molecule has 0 aliphatic heterocycles. The van der Waals surface area contributed by atoms with Gasteiger partial charge in [-0.05, 0) is 48.5 Å². The highest BCUT2D eigenvalue weighted by Crippen LogP contribution is 2.34. The molecular weight excluding hydrogens is 442 g/mol. The van der Waals surface area contributed by atoms with E-state index in [4.69, 9.17) is 55.9 Å². The average molecular weight is 452 g/mol. The first-order valence-corrected chi connectivity index (χ1v) is 9.52. The summed E-state index contributed by atoms with van der Waals surface area (Å²) < 4.78 is 11.7. The second-order valence-electron chi connectivity index (χ2n) is 5.74. The van der Waals surface area contributed by atoms with Crippen LogP contribution in [-0.4, -0.2) is 9.97 Å². The Balaban J connectivity index is 1.76. The topological polar surface area (TPSA) is 44.2 Å². The van der Waals surface area contributed by atoms with E-state index in [2.05, 4.69) is 9.97 Å². The van der Waals surface area contributed by atoms with E-state index in [9.17, 15) is 0 Å². The number of para-hydroxylation sites is 1. The molecule has 0 spiro atoms. The number of halogens is 4. The average Bonchev–Trinajstić information content (AvgIpc) is 2.60. The summed E-state index contributed by atoms with van der Waals surface area (Å²) in [5.41, 5.74) is 0.642. The fourth-order valence-electron chi connectivity index (χ4n) is 2.54. The summed E-state index contributed by atoms with van der Waals surface area (Å²) in [5, 5.41) is 2.48. The number of hydrogen-bond donors (Lipinski definition) is 0. The number of aromatic nitrogens is 2. The minimum Gasteiger partial charge on any atom is -0.438 e. The fourth-order valence-corrected chi connectivity index (χ4v) is 3.55. The van der Waals surface area contributed by atoms with Crippen LogP contribution in [0.1, 0.15) is 0 Å². The molecule has 0 aliphatic carbocycles. The Morgan fingerprint density at radius 1 is 0.607 bits per heavy atom. The third kappa shape index (κ3) is 4.42. The second kappa shape index (κ2) is 8.02. The van der Waals surface area contributed by atoms with Crippen molar-refractivity contribution in [2.24, 2.45) is 0 Å². The normalized spacial score (nSPS) is 10.9. The van der Waals surface area contributed by atoms with Crippen LogP contribution in [0.3, 0.4) is 0 Å². The molecule has 0 amide bonds. The number of fused-ring (bicyclic) bond motifs is 1. The van der Waals surface area contributed by atoms with Crippen molar-refractivity contribution in [3.05, 3.63) is 80.8 Å². The van der Waals surface area contributed by atoms with Crippen LogP contribution in [0.5, 0.6) is 23.4 Å². The van der Waals surface area contributed by atoms with Gasteiger partial charge in [-0.25, -0.2) is 0 Å². The van der Waals surface area contributed by atoms with Crippen LogP contribution >= 0.6 is 46.4 Å². The zero-order valence-corrected chi connectivity index (χ0v) is 17.0. The molecule has 1 aromatic heterocycles. The first-order valence-electron chi connectivity index (χ1n) is 8.01. The maximum absolute atomic E-state index is 6.06. The van der Waals surface area contributed by atoms with Crippen LogP contribution in [0.2, 0.25) is 20.1 Å². The first kappa shape index (κ1) is 19.1. The molecule has 0 N–H and O–H groups in total. The zero-order chi connectivity index (χ0) is 19.7. The molecule has 8 heteroatoms. The van der Waals surface area contributed by atoms with E-state index >= 15 is 0 Å². The zero-order valence-electron chi connectivity index (χ0n) is 14.0. The van der Waals surface area contributed by atoms with Gasteiger partial charge in [0.15, 0.2) is 0 Å². The molecule has 4 rings (SSSR count). The minimum absolute atomic E-state index is 0.0835. The standard InChI is InChI=1S/C20H10Cl4N2O2/c21-11-5-12(22)8-15(7-11)27-19-17-3-1-2-4-18(17)25-20(26-19)28-16-9-13(23)6-14(24)10-16/h1-10H. The van der Waals surface area contributed by atoms with Gasteiger partial charge in [0.25, 0.3) is 0 Å². The number of benzene rings is 3. The van der Waals surface area contributed by atoms with Gasteiger partial charge in [-0.3, -0.25) is 0 Å². The summed E-state index contributed by atoms with van der Waals surface area (Å²) >= 11 is 24.2. The van der Waals surface area contributed by atoms with Crippen LogP contribution in [0, 0.1) is 0 Å². The number of nitrogens with zero attached hydrogens (tertiary/aromatic N) is 2. The van der Waals surface area contributed by atoms with Crippen molar-refractivity contribution < 1.29 is 9.47 Å². The lowest BCUT2D eigenvalue weighted by atomic mass is 10.2. The predicted molar refractivity (Wildman–Crippen MR) is 113 cm³/mol. The van der Waals surface area contributed by atoms with Crippen molar-refractivity contribution in [2.45, 2.75) is 0 Å². The Kier molecular flexibility index (Phi) is 5.47. The fraction of sp³-hybridized carbons (Fsp3) is 0. The lowest BCUT2D eigenvalue weighted by molar-refractivity contribution is 0.417. The number of hydrogen-bond acceptors (Lipinski definition) is 4. The van der Waals surface area contributed by atoms with Gasteiger partial charge in [-0.2, -0.15) is 9.97 Å². The maximum Gasteiger partial charge on any atom is 0.325 e. The van der Waals surface area contributed by atoms with Gasteiger partial charge in [0, 0.05) is 20.1 Å². The summed E-state index contributed by atoms with van der Waals surface area (Å²) in [6.07, 6.45) is 0. The van der Waals surface area contributed by atoms with Crippen LogP contribution in [0.4, 0.5) is 0 Å². The van der Waals surface area contributed by atoms with Crippen molar-refractivity contribution >= 4 is 57.3 Å². The van der Waals surface area contributed by atoms with E-state index in [0.29, 0.717) is 48.4 Å². The molecule has 1 heterocycles. The van der Waals surface area contributed by atoms with Crippen molar-refractivity contribution in [3.8, 4) is 23.4 Å². The lowest BCUT2D eigenvalue weighted by Crippen LogP contribution is -1.97. The third-order valence-electron chi connectivity index (χ3n) is 3.64. The molecule has 0 fully saturated rings. The highest BCUT2D eigenvalue weighted by atomic mass is 35.5. The van der Waals surface area contributed by atoms with Crippen LogP contribution in [-0.2, 0) is 0 Å². The van der Waals surface area contributed by atoms with E-state index in [-0.39, 0.29) is 6.01 Å². The minimum atomic E-state index is 0.0835. The van der Waals surface area contributed by atoms with E-state index in [0.717, 1.165) is 0 Å². The maximum atomic E-state index is 6.06. The van der Waals surface area contributed by atoms with Gasteiger partial charge in [0.05, 0.1) is 10.9 Å². The molecule has 4 nitrogen and oxygen atoms in total. The predicted octanol–water partition coefficient (Wildman–Crippen LogP) is 7.83. The van der Waals surface area contributed by atoms with Gasteiger partial charge < -0.3 is 9.47 Å². The molecule has 0 unspecified atom stereocenters. The van der Waals surface area contributed by atoms with Crippen LogP contribution in [0.15, 0.2) is 60.7 Å². The second-order valence-corrected chi connectivity index (χ2v) is 7.49. The SMILES string of the molecule is Clc1cc(Cl)cc(Oc2nc(Oc3cc(Cl)cc(Cl)c3)c3ccccc3n2)c1. The largest absolute Gasteiger partial charge is 0.438 e. The molecule has 3 aromatic carbocycles. The molecule has 0 radical (unpaired) electrons. The summed E-state index contributed by atoms with van der Waals surface area (Å²) in [5.74, 6) is 1.15. The molecule has 0 saturated heterocycles. The molecule has 0 bridgehead atoms. The van der Waals surface area contributed by atoms with Crippen molar-refractivity contribution in [3.63, 3.8) is 0 Å². The van der Waals surface area contributed by atoms with E-state index in [1.165, 1.54) is 0 Å². The summed E-state index contributed by atoms with van der Waals surface area (Å²) in [6.45, 7) is 0. The third-order valence-corrected chi connectivity index (χ3v) is 4.52. The smallest absolute Gasteiger partial charge is 0.325 e. The molecular formula is C20H10Cl4N2O2. The molecule has 0 aliphatic rings.